The number of nitrogens with zero attached hydrogens (tertiary/aromatic N) is 4. The van der Waals surface area contributed by atoms with Crippen molar-refractivity contribution in [1.82, 2.24) is 19.6 Å². The zero-order chi connectivity index (χ0) is 19.7. The average molecular weight is 374 g/mol. The summed E-state index contributed by atoms with van der Waals surface area (Å²) in [6.45, 7) is 7.90. The van der Waals surface area contributed by atoms with Crippen molar-refractivity contribution in [3.63, 3.8) is 0 Å². The third-order valence-electron chi connectivity index (χ3n) is 4.88. The number of benzene rings is 1. The Hall–Kier alpha value is -2.77. The molecule has 8 heteroatoms. The highest BCUT2D eigenvalue weighted by Crippen LogP contribution is 2.42. The first-order valence-corrected chi connectivity index (χ1v) is 8.48. The number of aryl methyl sites for hydroxylation is 2. The lowest BCUT2D eigenvalue weighted by molar-refractivity contribution is -0.141. The molecule has 2 aromatic heterocycles. The highest BCUT2D eigenvalue weighted by molar-refractivity contribution is 5.74. The zero-order valence-corrected chi connectivity index (χ0v) is 15.3. The summed E-state index contributed by atoms with van der Waals surface area (Å²) in [7, 11) is 0. The Balaban J connectivity index is 2.11. The molecule has 0 amide bonds. The van der Waals surface area contributed by atoms with Crippen molar-refractivity contribution >= 4 is 5.78 Å². The van der Waals surface area contributed by atoms with Crippen molar-refractivity contribution < 1.29 is 13.2 Å². The van der Waals surface area contributed by atoms with E-state index in [-0.39, 0.29) is 5.78 Å². The summed E-state index contributed by atoms with van der Waals surface area (Å²) in [4.78, 5) is 20.1. The van der Waals surface area contributed by atoms with Crippen LogP contribution in [0.4, 0.5) is 13.2 Å². The molecule has 0 fully saturated rings. The smallest absolute Gasteiger partial charge is 0.267 e. The fraction of sp³-hybridized carbons (Fsp3) is 0.368. The molecule has 0 radical (unpaired) electrons. The van der Waals surface area contributed by atoms with Gasteiger partial charge in [-0.1, -0.05) is 31.5 Å². The van der Waals surface area contributed by atoms with E-state index in [1.165, 1.54) is 0 Å². The number of rotatable bonds is 0. The number of halogens is 3. The lowest BCUT2D eigenvalue weighted by Crippen LogP contribution is -2.32. The van der Waals surface area contributed by atoms with Gasteiger partial charge in [0.15, 0.2) is 5.69 Å². The minimum atomic E-state index is -4.73. The maximum absolute atomic E-state index is 13.0. The van der Waals surface area contributed by atoms with Crippen LogP contribution in [-0.2, 0) is 18.0 Å². The Kier molecular flexibility index (Phi) is 3.51. The van der Waals surface area contributed by atoms with Crippen molar-refractivity contribution in [2.45, 2.75) is 45.7 Å². The van der Waals surface area contributed by atoms with Crippen molar-refractivity contribution in [2.75, 3.05) is 0 Å². The molecule has 5 nitrogen and oxygen atoms in total. The monoisotopic (exact) mass is 374 g/mol. The first-order valence-electron chi connectivity index (χ1n) is 8.48. The standard InChI is InChI=1S/C19H17F3N4O/c1-9-5-10(2)14-11(6-9)8-18(3,4)16-15(14)24-17-23-12(19(20,21)22)7-13(27)26(17)25-16/h5-7H,8H2,1-4H3. The van der Waals surface area contributed by atoms with Crippen LogP contribution in [0, 0.1) is 13.8 Å². The third-order valence-corrected chi connectivity index (χ3v) is 4.88. The quantitative estimate of drug-likeness (QED) is 0.603. The highest BCUT2D eigenvalue weighted by atomic mass is 19.4. The van der Waals surface area contributed by atoms with E-state index in [1.807, 2.05) is 33.8 Å². The average Bonchev–Trinajstić information content (AvgIpc) is 2.51. The Bertz CT molecular complexity index is 1160. The molecule has 0 atom stereocenters. The number of hydrogen-bond donors (Lipinski definition) is 0. The van der Waals surface area contributed by atoms with Crippen LogP contribution in [0.2, 0.25) is 0 Å². The topological polar surface area (TPSA) is 60.2 Å². The van der Waals surface area contributed by atoms with Crippen LogP contribution in [0.5, 0.6) is 0 Å². The van der Waals surface area contributed by atoms with Crippen LogP contribution in [0.25, 0.3) is 17.0 Å². The van der Waals surface area contributed by atoms with E-state index >= 15 is 0 Å². The number of fused-ring (bicyclic) bond motifs is 4. The summed E-state index contributed by atoms with van der Waals surface area (Å²) in [5, 5.41) is 4.37. The third kappa shape index (κ3) is 2.70. The summed E-state index contributed by atoms with van der Waals surface area (Å²) >= 11 is 0. The fourth-order valence-corrected chi connectivity index (χ4v) is 3.80. The normalized spacial score (nSPS) is 15.5. The number of alkyl halides is 3. The summed E-state index contributed by atoms with van der Waals surface area (Å²) < 4.78 is 40.0. The lowest BCUT2D eigenvalue weighted by Gasteiger charge is -2.33. The van der Waals surface area contributed by atoms with Crippen LogP contribution in [0.15, 0.2) is 23.0 Å². The van der Waals surface area contributed by atoms with Crippen molar-refractivity contribution in [2.24, 2.45) is 0 Å². The molecule has 1 aliphatic rings. The van der Waals surface area contributed by atoms with Crippen molar-refractivity contribution in [3.8, 4) is 11.3 Å². The highest BCUT2D eigenvalue weighted by Gasteiger charge is 2.37. The Morgan fingerprint density at radius 1 is 1.11 bits per heavy atom. The Morgan fingerprint density at radius 3 is 2.48 bits per heavy atom. The van der Waals surface area contributed by atoms with Gasteiger partial charge >= 0.3 is 6.18 Å². The summed E-state index contributed by atoms with van der Waals surface area (Å²) in [6.07, 6.45) is -4.03. The second kappa shape index (κ2) is 5.37. The Labute approximate surface area is 152 Å². The molecule has 0 saturated carbocycles. The molecule has 1 aromatic carbocycles. The minimum Gasteiger partial charge on any atom is -0.267 e. The van der Waals surface area contributed by atoms with Gasteiger partial charge in [-0.3, -0.25) is 4.79 Å². The molecule has 140 valence electrons. The molecule has 0 unspecified atom stereocenters. The molecule has 27 heavy (non-hydrogen) atoms. The van der Waals surface area contributed by atoms with E-state index in [4.69, 9.17) is 0 Å². The molecule has 2 heterocycles. The molecule has 0 N–H and O–H groups in total. The summed E-state index contributed by atoms with van der Waals surface area (Å²) in [5.74, 6) is -0.350. The fourth-order valence-electron chi connectivity index (χ4n) is 3.80. The predicted octanol–water partition coefficient (Wildman–Crippen LogP) is 3.62. The number of aromatic nitrogens is 4. The van der Waals surface area contributed by atoms with Gasteiger partial charge in [0, 0.05) is 17.0 Å². The van der Waals surface area contributed by atoms with E-state index in [2.05, 4.69) is 21.1 Å². The minimum absolute atomic E-state index is 0.350. The van der Waals surface area contributed by atoms with Gasteiger partial charge in [-0.2, -0.15) is 22.8 Å². The maximum atomic E-state index is 13.0. The maximum Gasteiger partial charge on any atom is 0.433 e. The molecule has 0 saturated heterocycles. The lowest BCUT2D eigenvalue weighted by atomic mass is 9.73. The van der Waals surface area contributed by atoms with Gasteiger partial charge in [0.2, 0.25) is 0 Å². The SMILES string of the molecule is Cc1cc(C)c2c(c1)CC(C)(C)c1nn3c(=O)cc(C(F)(F)F)nc3nc1-2. The zero-order valence-electron chi connectivity index (χ0n) is 15.3. The van der Waals surface area contributed by atoms with E-state index in [9.17, 15) is 18.0 Å². The van der Waals surface area contributed by atoms with E-state index in [0.717, 1.165) is 26.8 Å². The summed E-state index contributed by atoms with van der Waals surface area (Å²) in [5.41, 5.74) is 2.48. The van der Waals surface area contributed by atoms with E-state index in [1.54, 1.807) is 0 Å². The van der Waals surface area contributed by atoms with Gasteiger partial charge in [-0.25, -0.2) is 9.97 Å². The molecule has 4 rings (SSSR count). The van der Waals surface area contributed by atoms with Crippen molar-refractivity contribution in [3.05, 3.63) is 56.6 Å². The molecule has 0 aliphatic heterocycles. The second-order valence-electron chi connectivity index (χ2n) is 7.67. The first-order chi connectivity index (χ1) is 12.5. The molecule has 0 spiro atoms. The predicted molar refractivity (Wildman–Crippen MR) is 93.7 cm³/mol. The summed E-state index contributed by atoms with van der Waals surface area (Å²) in [6, 6.07) is 4.51. The van der Waals surface area contributed by atoms with Crippen molar-refractivity contribution in [1.29, 1.82) is 0 Å². The van der Waals surface area contributed by atoms with Crippen LogP contribution in [0.3, 0.4) is 0 Å². The van der Waals surface area contributed by atoms with Crippen LogP contribution < -0.4 is 5.56 Å². The van der Waals surface area contributed by atoms with Gasteiger partial charge in [0.05, 0.1) is 11.4 Å². The van der Waals surface area contributed by atoms with Gasteiger partial charge in [0.25, 0.3) is 11.3 Å². The first kappa shape index (κ1) is 17.6. The van der Waals surface area contributed by atoms with Crippen LogP contribution >= 0.6 is 0 Å². The largest absolute Gasteiger partial charge is 0.433 e. The van der Waals surface area contributed by atoms with Gasteiger partial charge < -0.3 is 0 Å². The van der Waals surface area contributed by atoms with E-state index < -0.39 is 22.8 Å². The van der Waals surface area contributed by atoms with Crippen LogP contribution in [-0.4, -0.2) is 19.6 Å². The Morgan fingerprint density at radius 2 is 1.81 bits per heavy atom. The molecule has 1 aliphatic carbocycles. The molecule has 0 bridgehead atoms. The molecular weight excluding hydrogens is 357 g/mol. The second-order valence-corrected chi connectivity index (χ2v) is 7.67. The van der Waals surface area contributed by atoms with Gasteiger partial charge in [-0.15, -0.1) is 0 Å². The van der Waals surface area contributed by atoms with Crippen LogP contribution in [0.1, 0.15) is 41.9 Å². The molecular formula is C19H17F3N4O. The number of hydrogen-bond acceptors (Lipinski definition) is 4. The van der Waals surface area contributed by atoms with Gasteiger partial charge in [-0.05, 0) is 31.4 Å². The van der Waals surface area contributed by atoms with Gasteiger partial charge in [0.1, 0.15) is 0 Å². The van der Waals surface area contributed by atoms with E-state index in [0.29, 0.717) is 23.9 Å². The molecule has 3 aromatic rings.